The number of fused-ring (bicyclic) bond motifs is 1. The number of hydrogen-bond donors (Lipinski definition) is 1. The largest absolute Gasteiger partial charge is 0.432 e. The molecule has 0 unspecified atom stereocenters. The Balaban J connectivity index is 1.58. The van der Waals surface area contributed by atoms with Gasteiger partial charge in [-0.1, -0.05) is 0 Å². The lowest BCUT2D eigenvalue weighted by Crippen LogP contribution is -2.33. The van der Waals surface area contributed by atoms with Crippen molar-refractivity contribution < 1.29 is 31.6 Å². The molecular weight excluding hydrogens is 394 g/mol. The van der Waals surface area contributed by atoms with E-state index >= 15 is 0 Å². The van der Waals surface area contributed by atoms with Gasteiger partial charge < -0.3 is 14.6 Å². The van der Waals surface area contributed by atoms with Crippen molar-refractivity contribution >= 4 is 11.6 Å². The number of halogens is 4. The van der Waals surface area contributed by atoms with Gasteiger partial charge in [0.2, 0.25) is 23.2 Å². The van der Waals surface area contributed by atoms with Crippen LogP contribution < -0.4 is 5.32 Å². The van der Waals surface area contributed by atoms with E-state index in [0.29, 0.717) is 19.2 Å². The fourth-order valence-corrected chi connectivity index (χ4v) is 3.36. The average Bonchev–Trinajstić information content (AvgIpc) is 3.37. The molecule has 1 aromatic carbocycles. The fourth-order valence-electron chi connectivity index (χ4n) is 3.36. The molecule has 1 aliphatic heterocycles. The number of carbonyl (C=O) groups is 2. The van der Waals surface area contributed by atoms with Crippen molar-refractivity contribution in [2.45, 2.75) is 12.8 Å². The van der Waals surface area contributed by atoms with E-state index in [2.05, 4.69) is 15.2 Å². The molecule has 1 N–H and O–H groups in total. The number of carbonyl (C=O) groups excluding carboxylic acids is 2. The third-order valence-electron chi connectivity index (χ3n) is 4.86. The van der Waals surface area contributed by atoms with Gasteiger partial charge in [0.25, 0.3) is 0 Å². The van der Waals surface area contributed by atoms with Crippen LogP contribution in [0.3, 0.4) is 0 Å². The molecule has 0 spiro atoms. The molecule has 0 radical (unpaired) electrons. The van der Waals surface area contributed by atoms with Crippen molar-refractivity contribution in [1.82, 2.24) is 15.2 Å². The number of benzene rings is 1. The average molecular weight is 409 g/mol. The molecule has 2 heterocycles. The number of rotatable bonds is 5. The summed E-state index contributed by atoms with van der Waals surface area (Å²) in [6, 6.07) is 0.350. The zero-order chi connectivity index (χ0) is 20.7. The summed E-state index contributed by atoms with van der Waals surface area (Å²) in [5.41, 5.74) is -1.24. The molecule has 1 saturated heterocycles. The minimum absolute atomic E-state index is 0.00140. The number of nitrogens with zero attached hydrogens (tertiary/aromatic N) is 2. The molecule has 0 saturated carbocycles. The standard InChI is InChI=1S/C19H15F4N3O3/c20-10-7-9(13(21)15(23)14(10)22)19-25-16-17(28)11(8-12(27)18(16)29-19)24-3-6-26-4-1-2-5-26/h7-8,24H,1-6H2. The van der Waals surface area contributed by atoms with Crippen LogP contribution in [-0.2, 0) is 0 Å². The van der Waals surface area contributed by atoms with Crippen LogP contribution in [0.25, 0.3) is 11.5 Å². The van der Waals surface area contributed by atoms with Crippen molar-refractivity contribution in [3.05, 3.63) is 52.6 Å². The van der Waals surface area contributed by atoms with Gasteiger partial charge in [0, 0.05) is 19.2 Å². The van der Waals surface area contributed by atoms with Gasteiger partial charge >= 0.3 is 0 Å². The molecule has 0 amide bonds. The third-order valence-corrected chi connectivity index (χ3v) is 4.86. The Bertz CT molecular complexity index is 1040. The Kier molecular flexibility index (Phi) is 4.95. The molecule has 0 atom stereocenters. The molecule has 2 aliphatic rings. The van der Waals surface area contributed by atoms with Crippen LogP contribution in [0.5, 0.6) is 0 Å². The van der Waals surface area contributed by atoms with Gasteiger partial charge in [-0.05, 0) is 32.0 Å². The van der Waals surface area contributed by atoms with E-state index in [1.54, 1.807) is 0 Å². The molecule has 1 aliphatic carbocycles. The van der Waals surface area contributed by atoms with Crippen LogP contribution in [0.4, 0.5) is 17.6 Å². The van der Waals surface area contributed by atoms with Crippen molar-refractivity contribution in [2.75, 3.05) is 26.2 Å². The first-order valence-electron chi connectivity index (χ1n) is 8.98. The van der Waals surface area contributed by atoms with Gasteiger partial charge in [-0.2, -0.15) is 0 Å². The van der Waals surface area contributed by atoms with Crippen LogP contribution >= 0.6 is 0 Å². The van der Waals surface area contributed by atoms with E-state index in [1.165, 1.54) is 0 Å². The fraction of sp³-hybridized carbons (Fsp3) is 0.316. The molecular formula is C19H15F4N3O3. The summed E-state index contributed by atoms with van der Waals surface area (Å²) in [5, 5.41) is 2.88. The lowest BCUT2D eigenvalue weighted by molar-refractivity contribution is 0.0960. The highest BCUT2D eigenvalue weighted by Crippen LogP contribution is 2.31. The van der Waals surface area contributed by atoms with Crippen molar-refractivity contribution in [3.8, 4) is 11.5 Å². The van der Waals surface area contributed by atoms with Crippen LogP contribution in [0.2, 0.25) is 0 Å². The minimum Gasteiger partial charge on any atom is -0.432 e. The smallest absolute Gasteiger partial charge is 0.231 e. The Morgan fingerprint density at radius 1 is 1.07 bits per heavy atom. The second-order valence-electron chi connectivity index (χ2n) is 6.77. The summed E-state index contributed by atoms with van der Waals surface area (Å²) in [6.07, 6.45) is 3.27. The van der Waals surface area contributed by atoms with Crippen molar-refractivity contribution in [3.63, 3.8) is 0 Å². The first-order chi connectivity index (χ1) is 13.9. The van der Waals surface area contributed by atoms with Gasteiger partial charge in [0.15, 0.2) is 29.0 Å². The summed E-state index contributed by atoms with van der Waals surface area (Å²) >= 11 is 0. The lowest BCUT2D eigenvalue weighted by atomic mass is 10.0. The van der Waals surface area contributed by atoms with E-state index in [4.69, 9.17) is 4.42 Å². The molecule has 2 aromatic rings. The van der Waals surface area contributed by atoms with Gasteiger partial charge in [-0.3, -0.25) is 9.59 Å². The second kappa shape index (κ2) is 7.43. The maximum atomic E-state index is 14.0. The van der Waals surface area contributed by atoms with E-state index in [1.807, 2.05) is 0 Å². The highest BCUT2D eigenvalue weighted by atomic mass is 19.2. The monoisotopic (exact) mass is 409 g/mol. The van der Waals surface area contributed by atoms with Gasteiger partial charge in [-0.25, -0.2) is 22.5 Å². The zero-order valence-electron chi connectivity index (χ0n) is 15.0. The number of aromatic nitrogens is 1. The number of likely N-dealkylation sites (tertiary alicyclic amines) is 1. The Labute approximate surface area is 162 Å². The zero-order valence-corrected chi connectivity index (χ0v) is 15.0. The number of Topliss-reactive ketones (excluding diaryl/α,β-unsaturated/α-hetero) is 1. The Hall–Kier alpha value is -3.01. The minimum atomic E-state index is -2.05. The summed E-state index contributed by atoms with van der Waals surface area (Å²) in [6.45, 7) is 3.06. The molecule has 29 heavy (non-hydrogen) atoms. The number of oxazole rings is 1. The predicted molar refractivity (Wildman–Crippen MR) is 92.2 cm³/mol. The van der Waals surface area contributed by atoms with Crippen molar-refractivity contribution in [2.24, 2.45) is 0 Å². The number of ketones is 2. The lowest BCUT2D eigenvalue weighted by Gasteiger charge is -2.17. The number of allylic oxidation sites excluding steroid dienone is 2. The summed E-state index contributed by atoms with van der Waals surface area (Å²) < 4.78 is 59.2. The van der Waals surface area contributed by atoms with E-state index < -0.39 is 57.7 Å². The maximum absolute atomic E-state index is 14.0. The SMILES string of the molecule is O=C1C(NCCN2CCCC2)=CC(=O)c2oc(-c3cc(F)c(F)c(F)c3F)nc21. The molecule has 1 fully saturated rings. The van der Waals surface area contributed by atoms with E-state index in [-0.39, 0.29) is 5.70 Å². The molecule has 4 rings (SSSR count). The molecule has 10 heteroatoms. The van der Waals surface area contributed by atoms with E-state index in [9.17, 15) is 27.2 Å². The summed E-state index contributed by atoms with van der Waals surface area (Å²) in [7, 11) is 0. The molecule has 6 nitrogen and oxygen atoms in total. The normalized spacial score (nSPS) is 16.9. The highest BCUT2D eigenvalue weighted by Gasteiger charge is 2.33. The molecule has 152 valence electrons. The Morgan fingerprint density at radius 2 is 1.79 bits per heavy atom. The van der Waals surface area contributed by atoms with Crippen LogP contribution in [0.15, 0.2) is 22.3 Å². The maximum Gasteiger partial charge on any atom is 0.231 e. The Morgan fingerprint density at radius 3 is 2.52 bits per heavy atom. The predicted octanol–water partition coefficient (Wildman–Crippen LogP) is 2.85. The first-order valence-corrected chi connectivity index (χ1v) is 8.98. The number of hydrogen-bond acceptors (Lipinski definition) is 6. The van der Waals surface area contributed by atoms with E-state index in [0.717, 1.165) is 32.0 Å². The first kappa shape index (κ1) is 19.3. The van der Waals surface area contributed by atoms with Crippen LogP contribution in [0.1, 0.15) is 33.9 Å². The van der Waals surface area contributed by atoms with Crippen molar-refractivity contribution in [1.29, 1.82) is 0 Å². The summed E-state index contributed by atoms with van der Waals surface area (Å²) in [5.74, 6) is -9.96. The van der Waals surface area contributed by atoms with Gasteiger partial charge in [0.1, 0.15) is 0 Å². The number of nitrogens with one attached hydrogen (secondary N) is 1. The third kappa shape index (κ3) is 3.44. The van der Waals surface area contributed by atoms with Gasteiger partial charge in [-0.15, -0.1) is 0 Å². The quantitative estimate of drug-likeness (QED) is 0.465. The molecule has 1 aromatic heterocycles. The van der Waals surface area contributed by atoms with Crippen LogP contribution in [-0.4, -0.2) is 47.6 Å². The topological polar surface area (TPSA) is 75.4 Å². The summed E-state index contributed by atoms with van der Waals surface area (Å²) in [4.78, 5) is 30.8. The molecule has 0 bridgehead atoms. The highest BCUT2D eigenvalue weighted by molar-refractivity contribution is 6.22. The van der Waals surface area contributed by atoms with Gasteiger partial charge in [0.05, 0.1) is 11.3 Å². The second-order valence-corrected chi connectivity index (χ2v) is 6.77. The van der Waals surface area contributed by atoms with Crippen LogP contribution in [0, 0.1) is 23.3 Å².